The van der Waals surface area contributed by atoms with Crippen LogP contribution in [0.4, 0.5) is 0 Å². The molecule has 4 heteroatoms. The van der Waals surface area contributed by atoms with Crippen molar-refractivity contribution in [1.29, 1.82) is 0 Å². The highest BCUT2D eigenvalue weighted by atomic mass is 16.5. The average Bonchev–Trinajstić information content (AvgIpc) is 2.05. The van der Waals surface area contributed by atoms with Gasteiger partial charge in [0.1, 0.15) is 6.17 Å². The summed E-state index contributed by atoms with van der Waals surface area (Å²) in [6, 6.07) is 0.450. The number of hydrogen-bond acceptors (Lipinski definition) is 3. The van der Waals surface area contributed by atoms with Gasteiger partial charge in [-0.05, 0) is 13.8 Å². The van der Waals surface area contributed by atoms with E-state index in [2.05, 4.69) is 24.1 Å². The number of rotatable bonds is 3. The normalized spacial score (nSPS) is 25.8. The van der Waals surface area contributed by atoms with E-state index in [0.29, 0.717) is 12.6 Å². The van der Waals surface area contributed by atoms with Crippen LogP contribution in [0.5, 0.6) is 0 Å². The fraction of sp³-hybridized carbons (Fsp3) is 0.875. The summed E-state index contributed by atoms with van der Waals surface area (Å²) in [6.45, 7) is 6.48. The molecule has 0 aromatic heterocycles. The highest BCUT2D eigenvalue weighted by Gasteiger charge is 2.23. The lowest BCUT2D eigenvalue weighted by Gasteiger charge is -2.37. The summed E-state index contributed by atoms with van der Waals surface area (Å²) in [7, 11) is 0. The van der Waals surface area contributed by atoms with Crippen LogP contribution < -0.4 is 5.32 Å². The average molecular weight is 172 g/mol. The second kappa shape index (κ2) is 4.42. The second-order valence-electron chi connectivity index (χ2n) is 3.21. The summed E-state index contributed by atoms with van der Waals surface area (Å²) >= 11 is 0. The number of carbonyl (C=O) groups excluding carboxylic acids is 1. The summed E-state index contributed by atoms with van der Waals surface area (Å²) in [5.74, 6) is 0. The predicted octanol–water partition coefficient (Wildman–Crippen LogP) is -0.201. The van der Waals surface area contributed by atoms with Crippen LogP contribution in [0, 0.1) is 0 Å². The van der Waals surface area contributed by atoms with E-state index in [1.165, 1.54) is 0 Å². The number of amides is 1. The number of morpholine rings is 1. The predicted molar refractivity (Wildman–Crippen MR) is 45.6 cm³/mol. The fourth-order valence-electron chi connectivity index (χ4n) is 1.46. The van der Waals surface area contributed by atoms with Crippen molar-refractivity contribution in [1.82, 2.24) is 10.2 Å². The molecule has 0 spiro atoms. The minimum atomic E-state index is 0.0521. The van der Waals surface area contributed by atoms with Gasteiger partial charge in [-0.1, -0.05) is 0 Å². The standard InChI is InChI=1S/C8H16N2O2/c1-7(2)10-3-4-12-5-8(10)9-6-11/h6-8H,3-5H2,1-2H3,(H,9,11). The maximum atomic E-state index is 10.2. The van der Waals surface area contributed by atoms with Crippen LogP contribution in [-0.4, -0.2) is 43.3 Å². The summed E-state index contributed by atoms with van der Waals surface area (Å²) in [4.78, 5) is 12.5. The highest BCUT2D eigenvalue weighted by Crippen LogP contribution is 2.07. The fourth-order valence-corrected chi connectivity index (χ4v) is 1.46. The molecule has 4 nitrogen and oxygen atoms in total. The van der Waals surface area contributed by atoms with E-state index in [9.17, 15) is 4.79 Å². The van der Waals surface area contributed by atoms with E-state index < -0.39 is 0 Å². The molecule has 0 bridgehead atoms. The molecule has 1 N–H and O–H groups in total. The quantitative estimate of drug-likeness (QED) is 0.599. The molecule has 1 amide bonds. The van der Waals surface area contributed by atoms with Crippen molar-refractivity contribution in [3.05, 3.63) is 0 Å². The first-order valence-electron chi connectivity index (χ1n) is 4.29. The minimum Gasteiger partial charge on any atom is -0.377 e. The van der Waals surface area contributed by atoms with Crippen LogP contribution in [-0.2, 0) is 9.53 Å². The Labute approximate surface area is 72.9 Å². The molecule has 1 aliphatic heterocycles. The van der Waals surface area contributed by atoms with Gasteiger partial charge in [0.2, 0.25) is 6.41 Å². The zero-order chi connectivity index (χ0) is 8.97. The Morgan fingerprint density at radius 2 is 2.42 bits per heavy atom. The largest absolute Gasteiger partial charge is 0.377 e. The summed E-state index contributed by atoms with van der Waals surface area (Å²) in [6.07, 6.45) is 0.783. The van der Waals surface area contributed by atoms with Crippen LogP contribution in [0.2, 0.25) is 0 Å². The molecule has 0 saturated carbocycles. The van der Waals surface area contributed by atoms with E-state index in [1.54, 1.807) is 0 Å². The van der Waals surface area contributed by atoms with Crippen molar-refractivity contribution in [2.45, 2.75) is 26.1 Å². The van der Waals surface area contributed by atoms with Gasteiger partial charge in [-0.15, -0.1) is 0 Å². The SMILES string of the molecule is CC(C)N1CCOCC1NC=O. The molecular formula is C8H16N2O2. The number of nitrogens with zero attached hydrogens (tertiary/aromatic N) is 1. The molecule has 1 unspecified atom stereocenters. The molecule has 0 aromatic carbocycles. The van der Waals surface area contributed by atoms with Crippen molar-refractivity contribution in [2.24, 2.45) is 0 Å². The molecule has 0 radical (unpaired) electrons. The van der Waals surface area contributed by atoms with Crippen molar-refractivity contribution in [3.8, 4) is 0 Å². The molecule has 1 fully saturated rings. The molecule has 12 heavy (non-hydrogen) atoms. The molecule has 70 valence electrons. The Morgan fingerprint density at radius 3 is 3.00 bits per heavy atom. The van der Waals surface area contributed by atoms with E-state index in [4.69, 9.17) is 4.74 Å². The van der Waals surface area contributed by atoms with Crippen molar-refractivity contribution in [3.63, 3.8) is 0 Å². The molecule has 1 aliphatic rings. The third-order valence-electron chi connectivity index (χ3n) is 2.09. The molecule has 1 saturated heterocycles. The van der Waals surface area contributed by atoms with E-state index >= 15 is 0 Å². The highest BCUT2D eigenvalue weighted by molar-refractivity contribution is 5.46. The van der Waals surface area contributed by atoms with Gasteiger partial charge in [-0.2, -0.15) is 0 Å². The lowest BCUT2D eigenvalue weighted by molar-refractivity contribution is -0.114. The van der Waals surface area contributed by atoms with Crippen LogP contribution in [0.1, 0.15) is 13.8 Å². The van der Waals surface area contributed by atoms with Gasteiger partial charge in [-0.25, -0.2) is 0 Å². The second-order valence-corrected chi connectivity index (χ2v) is 3.21. The summed E-state index contributed by atoms with van der Waals surface area (Å²) in [5, 5.41) is 2.74. The Kier molecular flexibility index (Phi) is 3.49. The van der Waals surface area contributed by atoms with Gasteiger partial charge in [0.15, 0.2) is 0 Å². The summed E-state index contributed by atoms with van der Waals surface area (Å²) < 4.78 is 5.25. The lowest BCUT2D eigenvalue weighted by atomic mass is 10.2. The van der Waals surface area contributed by atoms with Crippen LogP contribution in [0.15, 0.2) is 0 Å². The third-order valence-corrected chi connectivity index (χ3v) is 2.09. The van der Waals surface area contributed by atoms with Crippen LogP contribution in [0.3, 0.4) is 0 Å². The number of carbonyl (C=O) groups is 1. The van der Waals surface area contributed by atoms with Crippen molar-refractivity contribution >= 4 is 6.41 Å². The molecule has 0 aliphatic carbocycles. The van der Waals surface area contributed by atoms with Gasteiger partial charge in [-0.3, -0.25) is 9.69 Å². The third kappa shape index (κ3) is 2.19. The molecule has 1 atom stereocenters. The van der Waals surface area contributed by atoms with E-state index in [1.807, 2.05) is 0 Å². The zero-order valence-corrected chi connectivity index (χ0v) is 7.62. The molecule has 1 heterocycles. The Balaban J connectivity index is 2.47. The van der Waals surface area contributed by atoms with Gasteiger partial charge in [0, 0.05) is 12.6 Å². The van der Waals surface area contributed by atoms with E-state index in [-0.39, 0.29) is 6.17 Å². The van der Waals surface area contributed by atoms with Gasteiger partial charge in [0.25, 0.3) is 0 Å². The smallest absolute Gasteiger partial charge is 0.208 e. The summed E-state index contributed by atoms with van der Waals surface area (Å²) in [5.41, 5.74) is 0. The topological polar surface area (TPSA) is 41.6 Å². The monoisotopic (exact) mass is 172 g/mol. The first-order valence-corrected chi connectivity index (χ1v) is 4.29. The number of hydrogen-bond donors (Lipinski definition) is 1. The number of ether oxygens (including phenoxy) is 1. The van der Waals surface area contributed by atoms with Crippen molar-refractivity contribution in [2.75, 3.05) is 19.8 Å². The van der Waals surface area contributed by atoms with Crippen LogP contribution in [0.25, 0.3) is 0 Å². The first-order chi connectivity index (χ1) is 5.75. The minimum absolute atomic E-state index is 0.0521. The Morgan fingerprint density at radius 1 is 1.67 bits per heavy atom. The first kappa shape index (κ1) is 9.48. The van der Waals surface area contributed by atoms with Gasteiger partial charge < -0.3 is 10.1 Å². The molecule has 1 rings (SSSR count). The van der Waals surface area contributed by atoms with Crippen molar-refractivity contribution < 1.29 is 9.53 Å². The molecular weight excluding hydrogens is 156 g/mol. The zero-order valence-electron chi connectivity index (χ0n) is 7.62. The maximum Gasteiger partial charge on any atom is 0.208 e. The number of nitrogens with one attached hydrogen (secondary N) is 1. The van der Waals surface area contributed by atoms with Crippen LogP contribution >= 0.6 is 0 Å². The van der Waals surface area contributed by atoms with Gasteiger partial charge in [0.05, 0.1) is 13.2 Å². The Hall–Kier alpha value is -0.610. The van der Waals surface area contributed by atoms with Gasteiger partial charge >= 0.3 is 0 Å². The molecule has 0 aromatic rings. The lowest BCUT2D eigenvalue weighted by Crippen LogP contribution is -2.55. The van der Waals surface area contributed by atoms with E-state index in [0.717, 1.165) is 19.6 Å². The Bertz CT molecular complexity index is 150. The maximum absolute atomic E-state index is 10.2.